The number of pyridine rings is 1. The van der Waals surface area contributed by atoms with Gasteiger partial charge in [0, 0.05) is 30.0 Å². The molecule has 1 N–H and O–H groups in total. The monoisotopic (exact) mass is 268 g/mol. The van der Waals surface area contributed by atoms with Gasteiger partial charge in [0.1, 0.15) is 0 Å². The number of para-hydroxylation sites is 1. The molecule has 2 heterocycles. The molecule has 2 unspecified atom stereocenters. The van der Waals surface area contributed by atoms with Crippen molar-refractivity contribution >= 4 is 16.8 Å². The van der Waals surface area contributed by atoms with Gasteiger partial charge in [-0.1, -0.05) is 38.1 Å². The second-order valence-corrected chi connectivity index (χ2v) is 6.04. The van der Waals surface area contributed by atoms with E-state index in [0.29, 0.717) is 12.3 Å². The number of hydrogen-bond acceptors (Lipinski definition) is 2. The van der Waals surface area contributed by atoms with Crippen LogP contribution < -0.4 is 5.32 Å². The minimum Gasteiger partial charge on any atom is -0.353 e. The summed E-state index contributed by atoms with van der Waals surface area (Å²) in [6, 6.07) is 10.5. The normalized spacial score (nSPS) is 22.4. The maximum atomic E-state index is 11.8. The van der Waals surface area contributed by atoms with Crippen molar-refractivity contribution in [1.29, 1.82) is 0 Å². The average molecular weight is 268 g/mol. The van der Waals surface area contributed by atoms with Crippen molar-refractivity contribution in [3.8, 4) is 0 Å². The van der Waals surface area contributed by atoms with Gasteiger partial charge in [0.2, 0.25) is 5.91 Å². The molecule has 1 aliphatic heterocycles. The van der Waals surface area contributed by atoms with Gasteiger partial charge in [0.25, 0.3) is 0 Å². The molecular formula is C17H20N2O. The van der Waals surface area contributed by atoms with E-state index in [-0.39, 0.29) is 17.9 Å². The third kappa shape index (κ3) is 2.40. The molecule has 2 aromatic rings. The van der Waals surface area contributed by atoms with E-state index in [4.69, 9.17) is 0 Å². The number of fused-ring (bicyclic) bond motifs is 1. The van der Waals surface area contributed by atoms with Crippen LogP contribution in [0.15, 0.2) is 36.5 Å². The Bertz CT molecular complexity index is 630. The number of benzene rings is 1. The summed E-state index contributed by atoms with van der Waals surface area (Å²) in [4.78, 5) is 16.3. The standard InChI is InChI=1S/C17H20N2O/c1-11(2)9-15-14(10-16(20)19-15)13-7-3-5-12-6-4-8-18-17(12)13/h3-8,11,14-15H,9-10H2,1-2H3,(H,19,20). The fourth-order valence-corrected chi connectivity index (χ4v) is 3.19. The Labute approximate surface area is 119 Å². The summed E-state index contributed by atoms with van der Waals surface area (Å²) < 4.78 is 0. The molecule has 104 valence electrons. The number of hydrogen-bond donors (Lipinski definition) is 1. The highest BCUT2D eigenvalue weighted by molar-refractivity contribution is 5.85. The van der Waals surface area contributed by atoms with E-state index in [9.17, 15) is 4.79 Å². The second-order valence-electron chi connectivity index (χ2n) is 6.04. The van der Waals surface area contributed by atoms with Crippen molar-refractivity contribution in [1.82, 2.24) is 10.3 Å². The van der Waals surface area contributed by atoms with E-state index < -0.39 is 0 Å². The van der Waals surface area contributed by atoms with Crippen molar-refractivity contribution < 1.29 is 4.79 Å². The third-order valence-corrected chi connectivity index (χ3v) is 4.03. The van der Waals surface area contributed by atoms with Gasteiger partial charge in [-0.15, -0.1) is 0 Å². The molecule has 0 spiro atoms. The summed E-state index contributed by atoms with van der Waals surface area (Å²) in [6.07, 6.45) is 3.42. The first kappa shape index (κ1) is 13.1. The Morgan fingerprint density at radius 1 is 1.30 bits per heavy atom. The molecule has 3 heteroatoms. The summed E-state index contributed by atoms with van der Waals surface area (Å²) in [5, 5.41) is 4.28. The lowest BCUT2D eigenvalue weighted by atomic mass is 9.86. The number of nitrogens with zero attached hydrogens (tertiary/aromatic N) is 1. The van der Waals surface area contributed by atoms with Crippen LogP contribution in [0, 0.1) is 5.92 Å². The molecule has 2 atom stereocenters. The molecule has 1 aliphatic rings. The predicted molar refractivity (Wildman–Crippen MR) is 80.5 cm³/mol. The van der Waals surface area contributed by atoms with E-state index in [0.717, 1.165) is 17.3 Å². The number of carbonyl (C=O) groups is 1. The quantitative estimate of drug-likeness (QED) is 0.928. The van der Waals surface area contributed by atoms with Crippen LogP contribution in [-0.4, -0.2) is 16.9 Å². The number of rotatable bonds is 3. The van der Waals surface area contributed by atoms with Crippen molar-refractivity contribution in [3.63, 3.8) is 0 Å². The zero-order valence-electron chi connectivity index (χ0n) is 12.0. The first-order valence-corrected chi connectivity index (χ1v) is 7.28. The van der Waals surface area contributed by atoms with Crippen LogP contribution in [0.25, 0.3) is 10.9 Å². The molecule has 1 saturated heterocycles. The number of nitrogens with one attached hydrogen (secondary N) is 1. The maximum absolute atomic E-state index is 11.8. The second kappa shape index (κ2) is 5.23. The highest BCUT2D eigenvalue weighted by Crippen LogP contribution is 2.34. The van der Waals surface area contributed by atoms with Gasteiger partial charge < -0.3 is 5.32 Å². The Morgan fingerprint density at radius 2 is 2.10 bits per heavy atom. The van der Waals surface area contributed by atoms with Crippen LogP contribution in [-0.2, 0) is 4.79 Å². The van der Waals surface area contributed by atoms with Gasteiger partial charge in [-0.25, -0.2) is 0 Å². The van der Waals surface area contributed by atoms with Crippen LogP contribution in [0.3, 0.4) is 0 Å². The van der Waals surface area contributed by atoms with E-state index in [1.54, 1.807) is 0 Å². The predicted octanol–water partition coefficient (Wildman–Crippen LogP) is 3.25. The molecule has 3 rings (SSSR count). The molecule has 3 nitrogen and oxygen atoms in total. The molecular weight excluding hydrogens is 248 g/mol. The Balaban J connectivity index is 2.02. The fourth-order valence-electron chi connectivity index (χ4n) is 3.19. The highest BCUT2D eigenvalue weighted by Gasteiger charge is 2.34. The number of carbonyl (C=O) groups excluding carboxylic acids is 1. The van der Waals surface area contributed by atoms with Gasteiger partial charge >= 0.3 is 0 Å². The van der Waals surface area contributed by atoms with Crippen LogP contribution in [0.1, 0.15) is 38.2 Å². The highest BCUT2D eigenvalue weighted by atomic mass is 16.2. The molecule has 0 aliphatic carbocycles. The van der Waals surface area contributed by atoms with Crippen LogP contribution >= 0.6 is 0 Å². The molecule has 0 saturated carbocycles. The summed E-state index contributed by atoms with van der Waals surface area (Å²) in [6.45, 7) is 4.39. The molecule has 0 bridgehead atoms. The summed E-state index contributed by atoms with van der Waals surface area (Å²) >= 11 is 0. The average Bonchev–Trinajstić information content (AvgIpc) is 2.78. The molecule has 20 heavy (non-hydrogen) atoms. The largest absolute Gasteiger partial charge is 0.353 e. The fraction of sp³-hybridized carbons (Fsp3) is 0.412. The molecule has 1 fully saturated rings. The first-order valence-electron chi connectivity index (χ1n) is 7.28. The minimum absolute atomic E-state index is 0.161. The summed E-state index contributed by atoms with van der Waals surface area (Å²) in [5.41, 5.74) is 2.23. The number of amides is 1. The maximum Gasteiger partial charge on any atom is 0.220 e. The van der Waals surface area contributed by atoms with Gasteiger partial charge in [-0.2, -0.15) is 0 Å². The van der Waals surface area contributed by atoms with Gasteiger partial charge in [0.05, 0.1) is 5.52 Å². The van der Waals surface area contributed by atoms with E-state index >= 15 is 0 Å². The van der Waals surface area contributed by atoms with Gasteiger partial charge in [-0.3, -0.25) is 9.78 Å². The van der Waals surface area contributed by atoms with E-state index in [2.05, 4.69) is 48.4 Å². The summed E-state index contributed by atoms with van der Waals surface area (Å²) in [5.74, 6) is 0.973. The lowest BCUT2D eigenvalue weighted by Gasteiger charge is -2.21. The van der Waals surface area contributed by atoms with Crippen molar-refractivity contribution in [2.24, 2.45) is 5.92 Å². The molecule has 0 radical (unpaired) electrons. The van der Waals surface area contributed by atoms with Crippen molar-refractivity contribution in [3.05, 3.63) is 42.1 Å². The zero-order valence-corrected chi connectivity index (χ0v) is 12.0. The van der Waals surface area contributed by atoms with Crippen molar-refractivity contribution in [2.75, 3.05) is 0 Å². The van der Waals surface area contributed by atoms with E-state index in [1.165, 1.54) is 5.56 Å². The van der Waals surface area contributed by atoms with E-state index in [1.807, 2.05) is 12.3 Å². The SMILES string of the molecule is CC(C)CC1NC(=O)CC1c1cccc2cccnc12. The van der Waals surface area contributed by atoms with Gasteiger partial charge in [0.15, 0.2) is 0 Å². The molecule has 1 aromatic carbocycles. The van der Waals surface area contributed by atoms with Crippen molar-refractivity contribution in [2.45, 2.75) is 38.6 Å². The first-order chi connectivity index (χ1) is 9.65. The minimum atomic E-state index is 0.161. The lowest BCUT2D eigenvalue weighted by molar-refractivity contribution is -0.119. The van der Waals surface area contributed by atoms with Crippen LogP contribution in [0.4, 0.5) is 0 Å². The van der Waals surface area contributed by atoms with Gasteiger partial charge in [-0.05, 0) is 24.0 Å². The number of aromatic nitrogens is 1. The molecule has 1 amide bonds. The lowest BCUT2D eigenvalue weighted by Crippen LogP contribution is -2.29. The Hall–Kier alpha value is -1.90. The summed E-state index contributed by atoms with van der Waals surface area (Å²) in [7, 11) is 0. The third-order valence-electron chi connectivity index (χ3n) is 4.03. The zero-order chi connectivity index (χ0) is 14.1. The smallest absolute Gasteiger partial charge is 0.220 e. The topological polar surface area (TPSA) is 42.0 Å². The van der Waals surface area contributed by atoms with Crippen LogP contribution in [0.2, 0.25) is 0 Å². The van der Waals surface area contributed by atoms with Crippen LogP contribution in [0.5, 0.6) is 0 Å². The molecule has 1 aromatic heterocycles. The Morgan fingerprint density at radius 3 is 2.90 bits per heavy atom. The Kier molecular flexibility index (Phi) is 3.43.